The van der Waals surface area contributed by atoms with E-state index >= 15 is 0 Å². The third-order valence-electron chi connectivity index (χ3n) is 7.47. The number of benzene rings is 2. The van der Waals surface area contributed by atoms with Gasteiger partial charge in [0, 0.05) is 30.8 Å². The molecule has 1 heterocycles. The van der Waals surface area contributed by atoms with Gasteiger partial charge in [0.15, 0.2) is 0 Å². The van der Waals surface area contributed by atoms with E-state index in [-0.39, 0.29) is 17.1 Å². The fourth-order valence-electron chi connectivity index (χ4n) is 5.76. The maximum atomic E-state index is 5.68. The number of methoxy groups -OCH3 is 1. The van der Waals surface area contributed by atoms with E-state index in [0.717, 1.165) is 19.6 Å². The van der Waals surface area contributed by atoms with Gasteiger partial charge in [-0.15, -0.1) is 0 Å². The Balaban J connectivity index is 0.00000304. The van der Waals surface area contributed by atoms with Gasteiger partial charge in [0.05, 0.1) is 6.61 Å². The first kappa shape index (κ1) is 28.3. The van der Waals surface area contributed by atoms with Crippen LogP contribution in [0.4, 0.5) is 0 Å². The van der Waals surface area contributed by atoms with Crippen LogP contribution in [0.25, 0.3) is 0 Å². The summed E-state index contributed by atoms with van der Waals surface area (Å²) in [6.07, 6.45) is 19.6. The van der Waals surface area contributed by atoms with Crippen molar-refractivity contribution in [2.45, 2.75) is 38.3 Å². The quantitative estimate of drug-likeness (QED) is 0.282. The van der Waals surface area contributed by atoms with Gasteiger partial charge < -0.3 is 4.74 Å². The maximum Gasteiger partial charge on any atom is 2.00 e. The zero-order chi connectivity index (χ0) is 24.0. The number of likely N-dealkylation sites (tertiary alicyclic amines) is 1. The largest absolute Gasteiger partial charge is 2.00 e. The Hall–Kier alpha value is -0.691. The van der Waals surface area contributed by atoms with Crippen molar-refractivity contribution in [3.8, 4) is 0 Å². The van der Waals surface area contributed by atoms with Gasteiger partial charge >= 0.3 is 17.1 Å². The molecule has 10 radical (unpaired) electrons. The molecule has 4 heteroatoms. The monoisotopic (exact) mass is 537 g/mol. The fourth-order valence-corrected chi connectivity index (χ4v) is 8.27. The standard InChI is InChI=1S/C32H36NOP.Fe/c1-25(26-13-9-10-14-26)23-31(33-22-12-15-27(33)24-34-2)30-20-11-21-32(30)35(28-16-5-3-6-17-28)29-18-7-4-8-19-29;/h3-11,13-14,16-21,25,27,31H,12,15,22-24H2,1-2H3;/q;+2/t25-,27-,31-;/m0./s1. The van der Waals surface area contributed by atoms with Crippen LogP contribution in [0, 0.1) is 68.4 Å². The van der Waals surface area contributed by atoms with Gasteiger partial charge in [-0.2, -0.15) is 0 Å². The molecule has 0 spiro atoms. The van der Waals surface area contributed by atoms with Gasteiger partial charge in [0.1, 0.15) is 0 Å². The Morgan fingerprint density at radius 3 is 2.14 bits per heavy atom. The predicted octanol–water partition coefficient (Wildman–Crippen LogP) is 5.76. The third kappa shape index (κ3) is 6.47. The maximum absolute atomic E-state index is 5.68. The van der Waals surface area contributed by atoms with Crippen LogP contribution in [0.15, 0.2) is 60.7 Å². The molecular weight excluding hydrogens is 501 g/mol. The summed E-state index contributed by atoms with van der Waals surface area (Å²) in [7, 11) is 1.22. The molecule has 1 aliphatic heterocycles. The number of nitrogens with zero attached hydrogens (tertiary/aromatic N) is 1. The smallest absolute Gasteiger partial charge is 0.383 e. The summed E-state index contributed by atoms with van der Waals surface area (Å²) < 4.78 is 5.68. The van der Waals surface area contributed by atoms with Crippen molar-refractivity contribution < 1.29 is 21.8 Å². The second-order valence-electron chi connectivity index (χ2n) is 9.73. The second-order valence-corrected chi connectivity index (χ2v) is 11.9. The van der Waals surface area contributed by atoms with Crippen LogP contribution in [0.1, 0.15) is 26.2 Å². The molecule has 0 unspecified atom stereocenters. The molecular formula is C32H36FeNOP+2. The summed E-state index contributed by atoms with van der Waals surface area (Å²) in [5, 5.41) is 2.83. The number of hydrogen-bond donors (Lipinski definition) is 0. The van der Waals surface area contributed by atoms with E-state index in [2.05, 4.69) is 117 Å². The first-order chi connectivity index (χ1) is 17.3. The molecule has 3 atom stereocenters. The fraction of sp³-hybridized carbons (Fsp3) is 0.312. The molecule has 2 aliphatic carbocycles. The molecule has 36 heavy (non-hydrogen) atoms. The minimum absolute atomic E-state index is 0. The Kier molecular flexibility index (Phi) is 10.9. The molecule has 0 bridgehead atoms. The minimum atomic E-state index is -0.627. The van der Waals surface area contributed by atoms with Gasteiger partial charge in [-0.05, 0) is 101 Å². The molecule has 0 amide bonds. The second kappa shape index (κ2) is 13.9. The van der Waals surface area contributed by atoms with E-state index in [1.54, 1.807) is 0 Å². The van der Waals surface area contributed by atoms with Gasteiger partial charge in [0.25, 0.3) is 0 Å². The van der Waals surface area contributed by atoms with E-state index < -0.39 is 7.92 Å². The molecule has 186 valence electrons. The topological polar surface area (TPSA) is 12.5 Å². The normalized spacial score (nSPS) is 23.8. The Morgan fingerprint density at radius 2 is 1.53 bits per heavy atom. The van der Waals surface area contributed by atoms with Crippen LogP contribution < -0.4 is 10.6 Å². The van der Waals surface area contributed by atoms with Crippen molar-refractivity contribution >= 4 is 18.5 Å². The summed E-state index contributed by atoms with van der Waals surface area (Å²) in [6, 6.07) is 23.1. The van der Waals surface area contributed by atoms with Crippen molar-refractivity contribution in [3.05, 3.63) is 123 Å². The summed E-state index contributed by atoms with van der Waals surface area (Å²) in [4.78, 5) is 2.76. The average molecular weight is 537 g/mol. The zero-order valence-electron chi connectivity index (χ0n) is 21.2. The van der Waals surface area contributed by atoms with Crippen LogP contribution in [-0.2, 0) is 21.8 Å². The van der Waals surface area contributed by atoms with Crippen molar-refractivity contribution in [3.63, 3.8) is 0 Å². The first-order valence-corrected chi connectivity index (χ1v) is 14.2. The molecule has 3 aliphatic rings. The third-order valence-corrected chi connectivity index (χ3v) is 9.99. The van der Waals surface area contributed by atoms with Gasteiger partial charge in [-0.1, -0.05) is 67.6 Å². The predicted molar refractivity (Wildman–Crippen MR) is 148 cm³/mol. The van der Waals surface area contributed by atoms with Crippen LogP contribution in [0.5, 0.6) is 0 Å². The van der Waals surface area contributed by atoms with Crippen molar-refractivity contribution in [2.24, 2.45) is 5.92 Å². The summed E-state index contributed by atoms with van der Waals surface area (Å²) in [5.74, 6) is 3.45. The van der Waals surface area contributed by atoms with Crippen molar-refractivity contribution in [2.75, 3.05) is 20.3 Å². The minimum Gasteiger partial charge on any atom is -0.383 e. The Morgan fingerprint density at radius 1 is 0.889 bits per heavy atom. The molecule has 0 aromatic heterocycles. The van der Waals surface area contributed by atoms with E-state index in [1.165, 1.54) is 40.9 Å². The molecule has 2 aromatic rings. The SMILES string of the molecule is COC[C@@H]1CCCN1[C@@H](C[C@H](C)[C]1[CH][CH][CH][CH]1)[C]1[CH][CH][CH][C]1P(c1ccccc1)c1ccccc1.[Fe+2]. The van der Waals surface area contributed by atoms with Crippen molar-refractivity contribution in [1.82, 2.24) is 4.90 Å². The zero-order valence-corrected chi connectivity index (χ0v) is 23.2. The molecule has 3 fully saturated rings. The number of hydrogen-bond acceptors (Lipinski definition) is 2. The van der Waals surface area contributed by atoms with E-state index in [4.69, 9.17) is 4.74 Å². The summed E-state index contributed by atoms with van der Waals surface area (Å²) in [6.45, 7) is 4.35. The number of ether oxygens (including phenoxy) is 1. The van der Waals surface area contributed by atoms with Gasteiger partial charge in [-0.3, -0.25) is 4.90 Å². The van der Waals surface area contributed by atoms with Gasteiger partial charge in [0.2, 0.25) is 0 Å². The van der Waals surface area contributed by atoms with Crippen molar-refractivity contribution in [1.29, 1.82) is 0 Å². The molecule has 5 rings (SSSR count). The number of rotatable bonds is 10. The van der Waals surface area contributed by atoms with Crippen LogP contribution in [0.2, 0.25) is 0 Å². The molecule has 1 saturated heterocycles. The van der Waals surface area contributed by atoms with Crippen LogP contribution >= 0.6 is 7.92 Å². The first-order valence-electron chi connectivity index (χ1n) is 12.9. The Labute approximate surface area is 232 Å². The van der Waals surface area contributed by atoms with E-state index in [9.17, 15) is 0 Å². The van der Waals surface area contributed by atoms with E-state index in [1.807, 2.05) is 7.11 Å². The van der Waals surface area contributed by atoms with Gasteiger partial charge in [-0.25, -0.2) is 0 Å². The van der Waals surface area contributed by atoms with Crippen LogP contribution in [-0.4, -0.2) is 37.2 Å². The molecule has 2 saturated carbocycles. The summed E-state index contributed by atoms with van der Waals surface area (Å²) in [5.41, 5.74) is 1.50. The molecule has 2 aromatic carbocycles. The molecule has 0 N–H and O–H groups in total. The van der Waals surface area contributed by atoms with Crippen LogP contribution in [0.3, 0.4) is 0 Å². The average Bonchev–Trinajstić information content (AvgIpc) is 3.67. The van der Waals surface area contributed by atoms with E-state index in [0.29, 0.717) is 18.0 Å². The Bertz CT molecular complexity index is 850. The summed E-state index contributed by atoms with van der Waals surface area (Å²) >= 11 is 0. The molecule has 2 nitrogen and oxygen atoms in total.